The van der Waals surface area contributed by atoms with Gasteiger partial charge in [0.1, 0.15) is 5.75 Å². The molecule has 37 heavy (non-hydrogen) atoms. The molecule has 9 heteroatoms. The highest BCUT2D eigenvalue weighted by Gasteiger charge is 2.44. The smallest absolute Gasteiger partial charge is 0.290 e. The molecule has 0 radical (unpaired) electrons. The predicted octanol–water partition coefficient (Wildman–Crippen LogP) is 4.61. The van der Waals surface area contributed by atoms with Crippen molar-refractivity contribution in [3.8, 4) is 17.2 Å². The SMILES string of the molecule is COc1ccc2[nH]cc(CCN3C(=O)C(O)=C(C(=O)c4ccco4)[C@@H]3c3ccc(OC)c(OC)c3)c2c1. The van der Waals surface area contributed by atoms with Crippen LogP contribution in [0.2, 0.25) is 0 Å². The van der Waals surface area contributed by atoms with E-state index in [4.69, 9.17) is 18.6 Å². The highest BCUT2D eigenvalue weighted by molar-refractivity contribution is 6.15. The molecule has 0 saturated carbocycles. The third-order valence-electron chi connectivity index (χ3n) is 6.61. The first kappa shape index (κ1) is 24.1. The maximum absolute atomic E-state index is 13.4. The maximum Gasteiger partial charge on any atom is 0.290 e. The number of carbonyl (C=O) groups is 2. The quantitative estimate of drug-likeness (QED) is 0.321. The topological polar surface area (TPSA) is 114 Å². The molecule has 0 fully saturated rings. The monoisotopic (exact) mass is 502 g/mol. The van der Waals surface area contributed by atoms with E-state index in [0.29, 0.717) is 23.5 Å². The molecule has 2 N–H and O–H groups in total. The van der Waals surface area contributed by atoms with Crippen LogP contribution in [0.15, 0.2) is 76.7 Å². The van der Waals surface area contributed by atoms with Crippen molar-refractivity contribution < 1.29 is 33.3 Å². The second-order valence-corrected chi connectivity index (χ2v) is 8.56. The van der Waals surface area contributed by atoms with E-state index in [9.17, 15) is 14.7 Å². The van der Waals surface area contributed by atoms with Gasteiger partial charge in [0.2, 0.25) is 5.78 Å². The van der Waals surface area contributed by atoms with Crippen molar-refractivity contribution in [1.82, 2.24) is 9.88 Å². The molecule has 190 valence electrons. The van der Waals surface area contributed by atoms with Gasteiger partial charge in [0, 0.05) is 23.6 Å². The molecule has 1 amide bonds. The number of aromatic nitrogens is 1. The first-order valence-electron chi connectivity index (χ1n) is 11.6. The normalized spacial score (nSPS) is 15.5. The number of furan rings is 1. The number of H-pyrrole nitrogens is 1. The number of aliphatic hydroxyl groups is 1. The van der Waals surface area contributed by atoms with Gasteiger partial charge in [0.25, 0.3) is 5.91 Å². The Morgan fingerprint density at radius 1 is 1.05 bits per heavy atom. The number of hydrogen-bond donors (Lipinski definition) is 2. The van der Waals surface area contributed by atoms with E-state index in [-0.39, 0.29) is 17.9 Å². The molecule has 1 aliphatic rings. The number of aliphatic hydroxyl groups excluding tert-OH is 1. The molecule has 1 atom stereocenters. The Hall–Kier alpha value is -4.66. The standard InChI is InChI=1S/C28H26N2O7/c1-34-18-7-8-20-19(14-18)17(15-29-20)10-11-30-25(16-6-9-21(35-2)23(13-16)36-3)24(27(32)28(30)33)26(31)22-5-4-12-37-22/h4-9,12-15,25,29,32H,10-11H2,1-3H3/t25-/m0/s1. The number of fused-ring (bicyclic) bond motifs is 1. The molecule has 0 aliphatic carbocycles. The van der Waals surface area contributed by atoms with Crippen molar-refractivity contribution in [3.63, 3.8) is 0 Å². The average Bonchev–Trinajstić information content (AvgIpc) is 3.66. The number of benzene rings is 2. The average molecular weight is 503 g/mol. The van der Waals surface area contributed by atoms with Gasteiger partial charge in [-0.15, -0.1) is 0 Å². The van der Waals surface area contributed by atoms with E-state index >= 15 is 0 Å². The predicted molar refractivity (Wildman–Crippen MR) is 135 cm³/mol. The summed E-state index contributed by atoms with van der Waals surface area (Å²) in [5, 5.41) is 11.9. The molecule has 3 heterocycles. The molecule has 0 unspecified atom stereocenters. The van der Waals surface area contributed by atoms with Crippen LogP contribution in [0, 0.1) is 0 Å². The van der Waals surface area contributed by atoms with Crippen molar-refractivity contribution >= 4 is 22.6 Å². The molecule has 0 saturated heterocycles. The fourth-order valence-corrected chi connectivity index (χ4v) is 4.76. The Balaban J connectivity index is 1.54. The van der Waals surface area contributed by atoms with Gasteiger partial charge < -0.3 is 33.6 Å². The van der Waals surface area contributed by atoms with E-state index in [0.717, 1.165) is 22.2 Å². The third-order valence-corrected chi connectivity index (χ3v) is 6.61. The van der Waals surface area contributed by atoms with E-state index in [2.05, 4.69) is 4.98 Å². The Bertz CT molecular complexity index is 1500. The lowest BCUT2D eigenvalue weighted by Crippen LogP contribution is -2.33. The molecule has 0 bridgehead atoms. The maximum atomic E-state index is 13.4. The minimum absolute atomic E-state index is 0.0328. The fourth-order valence-electron chi connectivity index (χ4n) is 4.76. The molecule has 4 aromatic rings. The minimum atomic E-state index is -0.857. The van der Waals surface area contributed by atoms with Gasteiger partial charge in [-0.05, 0) is 60.0 Å². The van der Waals surface area contributed by atoms with E-state index in [1.165, 1.54) is 31.4 Å². The second kappa shape index (κ2) is 9.77. The number of nitrogens with zero attached hydrogens (tertiary/aromatic N) is 1. The van der Waals surface area contributed by atoms with Gasteiger partial charge in [0.15, 0.2) is 23.0 Å². The number of amides is 1. The van der Waals surface area contributed by atoms with E-state index < -0.39 is 23.5 Å². The number of ether oxygens (including phenoxy) is 3. The van der Waals surface area contributed by atoms with Crippen LogP contribution in [0.1, 0.15) is 27.7 Å². The molecule has 5 rings (SSSR count). The van der Waals surface area contributed by atoms with Crippen molar-refractivity contribution in [2.75, 3.05) is 27.9 Å². The summed E-state index contributed by atoms with van der Waals surface area (Å²) >= 11 is 0. The number of ketones is 1. The van der Waals surface area contributed by atoms with Gasteiger partial charge in [-0.25, -0.2) is 0 Å². The van der Waals surface area contributed by atoms with Crippen LogP contribution < -0.4 is 14.2 Å². The van der Waals surface area contributed by atoms with Crippen molar-refractivity contribution in [3.05, 3.63) is 89.2 Å². The second-order valence-electron chi connectivity index (χ2n) is 8.56. The summed E-state index contributed by atoms with van der Waals surface area (Å²) in [7, 11) is 4.64. The van der Waals surface area contributed by atoms with Crippen LogP contribution in [-0.4, -0.2) is 54.6 Å². The number of aromatic amines is 1. The van der Waals surface area contributed by atoms with Crippen molar-refractivity contribution in [1.29, 1.82) is 0 Å². The molecule has 2 aromatic heterocycles. The highest BCUT2D eigenvalue weighted by Crippen LogP contribution is 2.42. The number of methoxy groups -OCH3 is 3. The Morgan fingerprint density at radius 3 is 2.57 bits per heavy atom. The van der Waals surface area contributed by atoms with Gasteiger partial charge in [-0.1, -0.05) is 6.07 Å². The van der Waals surface area contributed by atoms with Crippen molar-refractivity contribution in [2.45, 2.75) is 12.5 Å². The molecular formula is C28H26N2O7. The first-order chi connectivity index (χ1) is 18.0. The summed E-state index contributed by atoms with van der Waals surface area (Å²) in [6.45, 7) is 0.237. The number of carbonyl (C=O) groups excluding carboxylic acids is 2. The molecule has 9 nitrogen and oxygen atoms in total. The Kier molecular flexibility index (Phi) is 6.35. The van der Waals surface area contributed by atoms with E-state index in [1.54, 1.807) is 31.4 Å². The molecular weight excluding hydrogens is 476 g/mol. The number of nitrogens with one attached hydrogen (secondary N) is 1. The summed E-state index contributed by atoms with van der Waals surface area (Å²) in [6.07, 6.45) is 3.73. The van der Waals surface area contributed by atoms with Gasteiger partial charge in [-0.3, -0.25) is 9.59 Å². The number of rotatable bonds is 9. The summed E-state index contributed by atoms with van der Waals surface area (Å²) in [4.78, 5) is 31.4. The molecule has 1 aliphatic heterocycles. The van der Waals surface area contributed by atoms with Crippen LogP contribution >= 0.6 is 0 Å². The lowest BCUT2D eigenvalue weighted by atomic mass is 9.94. The van der Waals surface area contributed by atoms with Gasteiger partial charge in [-0.2, -0.15) is 0 Å². The summed E-state index contributed by atoms with van der Waals surface area (Å²) in [5.41, 5.74) is 2.45. The van der Waals surface area contributed by atoms with Crippen LogP contribution in [0.3, 0.4) is 0 Å². The van der Waals surface area contributed by atoms with Crippen LogP contribution in [0.5, 0.6) is 17.2 Å². The first-order valence-corrected chi connectivity index (χ1v) is 11.6. The fraction of sp³-hybridized carbons (Fsp3) is 0.214. The largest absolute Gasteiger partial charge is 0.503 e. The zero-order valence-electron chi connectivity index (χ0n) is 20.6. The summed E-state index contributed by atoms with van der Waals surface area (Å²) in [5.74, 6) is -0.0945. The lowest BCUT2D eigenvalue weighted by molar-refractivity contribution is -0.129. The summed E-state index contributed by atoms with van der Waals surface area (Å²) < 4.78 is 21.5. The summed E-state index contributed by atoms with van der Waals surface area (Å²) in [6, 6.07) is 13.1. The van der Waals surface area contributed by atoms with Crippen LogP contribution in [-0.2, 0) is 11.2 Å². The number of hydrogen-bond acceptors (Lipinski definition) is 7. The highest BCUT2D eigenvalue weighted by atomic mass is 16.5. The molecule has 0 spiro atoms. The Labute approximate surface area is 212 Å². The van der Waals surface area contributed by atoms with Crippen molar-refractivity contribution in [2.24, 2.45) is 0 Å². The van der Waals surface area contributed by atoms with Crippen LogP contribution in [0.25, 0.3) is 10.9 Å². The number of Topliss-reactive ketones (excluding diaryl/α,β-unsaturated/α-hetero) is 1. The van der Waals surface area contributed by atoms with Crippen LogP contribution in [0.4, 0.5) is 0 Å². The molecule has 2 aromatic carbocycles. The minimum Gasteiger partial charge on any atom is -0.503 e. The van der Waals surface area contributed by atoms with Gasteiger partial charge in [0.05, 0.1) is 39.2 Å². The lowest BCUT2D eigenvalue weighted by Gasteiger charge is -2.27. The zero-order valence-corrected chi connectivity index (χ0v) is 20.6. The van der Waals surface area contributed by atoms with Gasteiger partial charge >= 0.3 is 0 Å². The third kappa shape index (κ3) is 4.18. The zero-order chi connectivity index (χ0) is 26.1. The Morgan fingerprint density at radius 2 is 1.86 bits per heavy atom. The van der Waals surface area contributed by atoms with E-state index in [1.807, 2.05) is 24.4 Å².